The van der Waals surface area contributed by atoms with Crippen LogP contribution in [-0.2, 0) is 10.0 Å². The van der Waals surface area contributed by atoms with Gasteiger partial charge in [-0.3, -0.25) is 0 Å². The Balaban J connectivity index is 3.40. The van der Waals surface area contributed by atoms with Crippen LogP contribution >= 0.6 is 15.9 Å². The highest BCUT2D eigenvalue weighted by atomic mass is 79.9. The number of benzene rings is 1. The van der Waals surface area contributed by atoms with Gasteiger partial charge in [-0.05, 0) is 54.4 Å². The fourth-order valence-electron chi connectivity index (χ4n) is 1.79. The minimum absolute atomic E-state index is 0.148. The Bertz CT molecular complexity index is 630. The number of anilines is 1. The first-order valence-corrected chi connectivity index (χ1v) is 8.24. The monoisotopic (exact) mass is 388 g/mol. The molecule has 0 spiro atoms. The van der Waals surface area contributed by atoms with Gasteiger partial charge in [0.05, 0.1) is 4.90 Å². The largest absolute Gasteiger partial charge is 0.402 e. The second kappa shape index (κ2) is 6.13. The van der Waals surface area contributed by atoms with E-state index in [0.29, 0.717) is 14.3 Å². The van der Waals surface area contributed by atoms with Gasteiger partial charge in [0.2, 0.25) is 10.0 Å². The number of nitrogens with zero attached hydrogens (tertiary/aromatic N) is 1. The molecule has 120 valence electrons. The first-order valence-electron chi connectivity index (χ1n) is 6.00. The molecule has 0 bridgehead atoms. The zero-order chi connectivity index (χ0) is 16.6. The molecule has 1 aromatic carbocycles. The maximum atomic E-state index is 12.6. The fraction of sp³-hybridized carbons (Fsp3) is 0.500. The molecule has 0 aliphatic heterocycles. The Hall–Kier alpha value is -0.800. The van der Waals surface area contributed by atoms with Gasteiger partial charge in [0, 0.05) is 16.2 Å². The van der Waals surface area contributed by atoms with Gasteiger partial charge in [-0.15, -0.1) is 0 Å². The summed E-state index contributed by atoms with van der Waals surface area (Å²) in [6.07, 6.45) is -4.62. The fourth-order valence-corrected chi connectivity index (χ4v) is 4.12. The van der Waals surface area contributed by atoms with Crippen molar-refractivity contribution in [1.82, 2.24) is 4.31 Å². The van der Waals surface area contributed by atoms with Gasteiger partial charge in [0.25, 0.3) is 0 Å². The number of aryl methyl sites for hydroxylation is 1. The van der Waals surface area contributed by atoms with E-state index >= 15 is 0 Å². The minimum atomic E-state index is -4.62. The predicted molar refractivity (Wildman–Crippen MR) is 78.4 cm³/mol. The molecule has 0 aliphatic rings. The molecular formula is C12H16BrF3N2O2S. The lowest BCUT2D eigenvalue weighted by molar-refractivity contribution is -0.138. The number of hydrogen-bond donors (Lipinski definition) is 1. The molecule has 0 saturated carbocycles. The molecule has 2 N–H and O–H groups in total. The van der Waals surface area contributed by atoms with E-state index in [1.165, 1.54) is 32.9 Å². The number of alkyl halides is 3. The number of halogens is 4. The smallest absolute Gasteiger partial charge is 0.398 e. The predicted octanol–water partition coefficient (Wildman–Crippen LogP) is 3.30. The molecule has 0 radical (unpaired) electrons. The van der Waals surface area contributed by atoms with E-state index < -0.39 is 28.8 Å². The average molecular weight is 389 g/mol. The van der Waals surface area contributed by atoms with Crippen LogP contribution in [0.15, 0.2) is 21.5 Å². The van der Waals surface area contributed by atoms with Gasteiger partial charge in [0.1, 0.15) is 6.54 Å². The van der Waals surface area contributed by atoms with Crippen molar-refractivity contribution in [2.24, 2.45) is 0 Å². The van der Waals surface area contributed by atoms with Crippen molar-refractivity contribution in [3.63, 3.8) is 0 Å². The number of sulfonamides is 1. The average Bonchev–Trinajstić information content (AvgIpc) is 2.29. The summed E-state index contributed by atoms with van der Waals surface area (Å²) in [6, 6.07) is 1.80. The molecule has 0 saturated heterocycles. The van der Waals surface area contributed by atoms with E-state index in [9.17, 15) is 21.6 Å². The van der Waals surface area contributed by atoms with Crippen LogP contribution in [0, 0.1) is 6.92 Å². The maximum absolute atomic E-state index is 12.6. The molecule has 21 heavy (non-hydrogen) atoms. The first kappa shape index (κ1) is 18.2. The quantitative estimate of drug-likeness (QED) is 0.804. The van der Waals surface area contributed by atoms with Crippen LogP contribution in [-0.4, -0.2) is 31.5 Å². The van der Waals surface area contributed by atoms with Gasteiger partial charge in [-0.1, -0.05) is 0 Å². The minimum Gasteiger partial charge on any atom is -0.398 e. The normalized spacial score (nSPS) is 13.2. The molecule has 0 unspecified atom stereocenters. The lowest BCUT2D eigenvalue weighted by Crippen LogP contribution is -2.43. The van der Waals surface area contributed by atoms with E-state index in [0.717, 1.165) is 0 Å². The van der Waals surface area contributed by atoms with Crippen LogP contribution < -0.4 is 5.73 Å². The number of nitrogen functional groups attached to an aromatic ring is 1. The molecule has 9 heteroatoms. The lowest BCUT2D eigenvalue weighted by Gasteiger charge is -2.27. The zero-order valence-corrected chi connectivity index (χ0v) is 14.1. The third-order valence-corrected chi connectivity index (χ3v) is 5.64. The zero-order valence-electron chi connectivity index (χ0n) is 11.7. The van der Waals surface area contributed by atoms with Crippen LogP contribution in [0.3, 0.4) is 0 Å². The molecule has 0 heterocycles. The van der Waals surface area contributed by atoms with Crippen molar-refractivity contribution >= 4 is 31.6 Å². The van der Waals surface area contributed by atoms with Crippen LogP contribution in [0.5, 0.6) is 0 Å². The SMILES string of the molecule is Cc1cc(Br)c(N)cc1S(=O)(=O)N(CC(F)(F)F)C(C)C. The van der Waals surface area contributed by atoms with Crippen molar-refractivity contribution in [3.05, 3.63) is 22.2 Å². The number of hydrogen-bond acceptors (Lipinski definition) is 3. The van der Waals surface area contributed by atoms with E-state index in [-0.39, 0.29) is 10.6 Å². The summed E-state index contributed by atoms with van der Waals surface area (Å²) in [5.41, 5.74) is 6.11. The highest BCUT2D eigenvalue weighted by Crippen LogP contribution is 2.31. The third-order valence-electron chi connectivity index (χ3n) is 2.79. The molecule has 1 aromatic rings. The number of nitrogens with two attached hydrogens (primary N) is 1. The van der Waals surface area contributed by atoms with Crippen molar-refractivity contribution in [2.75, 3.05) is 12.3 Å². The van der Waals surface area contributed by atoms with Gasteiger partial charge < -0.3 is 5.73 Å². The van der Waals surface area contributed by atoms with Gasteiger partial charge in [-0.2, -0.15) is 17.5 Å². The maximum Gasteiger partial charge on any atom is 0.402 e. The summed E-state index contributed by atoms with van der Waals surface area (Å²) in [6.45, 7) is 2.74. The molecule has 0 amide bonds. The summed E-state index contributed by atoms with van der Waals surface area (Å²) in [7, 11) is -4.29. The Labute approximate surface area is 130 Å². The highest BCUT2D eigenvalue weighted by molar-refractivity contribution is 9.10. The van der Waals surface area contributed by atoms with Crippen molar-refractivity contribution in [2.45, 2.75) is 37.9 Å². The first-order chi connectivity index (χ1) is 9.36. The molecule has 0 aliphatic carbocycles. The topological polar surface area (TPSA) is 63.4 Å². The lowest BCUT2D eigenvalue weighted by atomic mass is 10.2. The second-order valence-electron chi connectivity index (χ2n) is 4.90. The van der Waals surface area contributed by atoms with E-state index in [4.69, 9.17) is 5.73 Å². The standard InChI is InChI=1S/C12H16BrF3N2O2S/c1-7(2)18(6-12(14,15)16)21(19,20)11-5-10(17)9(13)4-8(11)3/h4-5,7H,6,17H2,1-3H3. The summed E-state index contributed by atoms with van der Waals surface area (Å²) < 4.78 is 63.7. The molecule has 0 atom stereocenters. The summed E-state index contributed by atoms with van der Waals surface area (Å²) in [5, 5.41) is 0. The van der Waals surface area contributed by atoms with Crippen molar-refractivity contribution in [3.8, 4) is 0 Å². The highest BCUT2D eigenvalue weighted by Gasteiger charge is 2.39. The summed E-state index contributed by atoms with van der Waals surface area (Å²) in [5.74, 6) is 0. The molecule has 4 nitrogen and oxygen atoms in total. The Kier molecular flexibility index (Phi) is 5.33. The van der Waals surface area contributed by atoms with Crippen LogP contribution in [0.1, 0.15) is 19.4 Å². The Morgan fingerprint density at radius 3 is 2.29 bits per heavy atom. The molecular weight excluding hydrogens is 373 g/mol. The van der Waals surface area contributed by atoms with E-state index in [2.05, 4.69) is 15.9 Å². The van der Waals surface area contributed by atoms with Crippen LogP contribution in [0.2, 0.25) is 0 Å². The molecule has 0 fully saturated rings. The van der Waals surface area contributed by atoms with Gasteiger partial charge >= 0.3 is 6.18 Å². The van der Waals surface area contributed by atoms with Gasteiger partial charge in [-0.25, -0.2) is 8.42 Å². The van der Waals surface area contributed by atoms with Crippen molar-refractivity contribution < 1.29 is 21.6 Å². The van der Waals surface area contributed by atoms with Crippen LogP contribution in [0.4, 0.5) is 18.9 Å². The third kappa shape index (κ3) is 4.33. The van der Waals surface area contributed by atoms with Crippen LogP contribution in [0.25, 0.3) is 0 Å². The summed E-state index contributed by atoms with van der Waals surface area (Å²) in [4.78, 5) is -0.221. The van der Waals surface area contributed by atoms with Crippen molar-refractivity contribution in [1.29, 1.82) is 0 Å². The Morgan fingerprint density at radius 2 is 1.86 bits per heavy atom. The van der Waals surface area contributed by atoms with Gasteiger partial charge in [0.15, 0.2) is 0 Å². The molecule has 0 aromatic heterocycles. The Morgan fingerprint density at radius 1 is 1.33 bits per heavy atom. The van der Waals surface area contributed by atoms with E-state index in [1.54, 1.807) is 0 Å². The van der Waals surface area contributed by atoms with E-state index in [1.807, 2.05) is 0 Å². The molecule has 1 rings (SSSR count). The summed E-state index contributed by atoms with van der Waals surface area (Å²) >= 11 is 3.15. The number of rotatable bonds is 4. The second-order valence-corrected chi connectivity index (χ2v) is 7.61.